The van der Waals surface area contributed by atoms with Gasteiger partial charge in [0.05, 0.1) is 12.2 Å². The molecule has 0 aliphatic heterocycles. The number of hydrogen-bond donors (Lipinski definition) is 1. The van der Waals surface area contributed by atoms with Crippen molar-refractivity contribution in [2.45, 2.75) is 6.92 Å². The van der Waals surface area contributed by atoms with Crippen molar-refractivity contribution < 1.29 is 0 Å². The molecule has 0 aliphatic carbocycles. The molecule has 0 spiro atoms. The van der Waals surface area contributed by atoms with Crippen molar-refractivity contribution in [2.24, 2.45) is 0 Å². The summed E-state index contributed by atoms with van der Waals surface area (Å²) in [5.41, 5.74) is 0.894. The number of nitrogens with one attached hydrogen (secondary N) is 1. The molecule has 64 valence electrons. The van der Waals surface area contributed by atoms with Gasteiger partial charge in [0.15, 0.2) is 0 Å². The van der Waals surface area contributed by atoms with Crippen molar-refractivity contribution in [1.29, 1.82) is 0 Å². The maximum absolute atomic E-state index is 5.55. The summed E-state index contributed by atoms with van der Waals surface area (Å²) in [5, 5.41) is 11.3. The van der Waals surface area contributed by atoms with E-state index in [1.807, 2.05) is 19.1 Å². The molecule has 0 unspecified atom stereocenters. The topological polar surface area (TPSA) is 37.8 Å². The summed E-state index contributed by atoms with van der Waals surface area (Å²) in [6.45, 7) is 5.94. The van der Waals surface area contributed by atoms with Gasteiger partial charge in [-0.2, -0.15) is 5.10 Å². The van der Waals surface area contributed by atoms with Gasteiger partial charge in [-0.05, 0) is 19.1 Å². The van der Waals surface area contributed by atoms with Crippen molar-refractivity contribution in [3.8, 4) is 0 Å². The molecule has 0 fully saturated rings. The zero-order valence-electron chi connectivity index (χ0n) is 6.84. The quantitative estimate of drug-likeness (QED) is 0.779. The molecule has 0 saturated heterocycles. The average Bonchev–Trinajstić information content (AvgIpc) is 2.03. The van der Waals surface area contributed by atoms with E-state index in [-0.39, 0.29) is 0 Å². The zero-order valence-corrected chi connectivity index (χ0v) is 7.60. The second-order valence-corrected chi connectivity index (χ2v) is 2.97. The number of aryl methyl sites for hydroxylation is 1. The predicted molar refractivity (Wildman–Crippen MR) is 50.3 cm³/mol. The Morgan fingerprint density at radius 3 is 2.83 bits per heavy atom. The second-order valence-electron chi connectivity index (χ2n) is 2.43. The molecule has 12 heavy (non-hydrogen) atoms. The Hall–Kier alpha value is -1.09. The van der Waals surface area contributed by atoms with Crippen molar-refractivity contribution >= 4 is 17.4 Å². The van der Waals surface area contributed by atoms with Crippen LogP contribution in [0.1, 0.15) is 5.69 Å². The monoisotopic (exact) mass is 183 g/mol. The van der Waals surface area contributed by atoms with Gasteiger partial charge in [0, 0.05) is 5.03 Å². The highest BCUT2D eigenvalue weighted by molar-refractivity contribution is 6.29. The lowest BCUT2D eigenvalue weighted by molar-refractivity contribution is 0.976. The molecule has 1 aromatic heterocycles. The number of hydrogen-bond acceptors (Lipinski definition) is 3. The van der Waals surface area contributed by atoms with E-state index in [1.165, 1.54) is 0 Å². The SMILES string of the molecule is C=C(Cl)CNc1ccc(C)nn1. The molecule has 3 nitrogen and oxygen atoms in total. The van der Waals surface area contributed by atoms with Gasteiger partial charge in [0.2, 0.25) is 0 Å². The first kappa shape index (κ1) is 9.00. The van der Waals surface area contributed by atoms with Crippen LogP contribution >= 0.6 is 11.6 Å². The molecular formula is C8H10ClN3. The average molecular weight is 184 g/mol. The maximum Gasteiger partial charge on any atom is 0.148 e. The van der Waals surface area contributed by atoms with Gasteiger partial charge in [-0.15, -0.1) is 5.10 Å². The Balaban J connectivity index is 2.53. The summed E-state index contributed by atoms with van der Waals surface area (Å²) in [5.74, 6) is 0.711. The van der Waals surface area contributed by atoms with Crippen LogP contribution in [0.15, 0.2) is 23.7 Å². The van der Waals surface area contributed by atoms with Gasteiger partial charge in [-0.1, -0.05) is 18.2 Å². The first-order valence-corrected chi connectivity index (χ1v) is 3.94. The Bertz CT molecular complexity index is 268. The summed E-state index contributed by atoms with van der Waals surface area (Å²) in [7, 11) is 0. The molecule has 0 saturated carbocycles. The molecule has 1 aromatic rings. The lowest BCUT2D eigenvalue weighted by atomic mass is 10.4. The highest BCUT2D eigenvalue weighted by Gasteiger charge is 1.93. The van der Waals surface area contributed by atoms with E-state index >= 15 is 0 Å². The van der Waals surface area contributed by atoms with Gasteiger partial charge in [0.25, 0.3) is 0 Å². The fraction of sp³-hybridized carbons (Fsp3) is 0.250. The van der Waals surface area contributed by atoms with Crippen LogP contribution in [-0.2, 0) is 0 Å². The number of aromatic nitrogens is 2. The minimum Gasteiger partial charge on any atom is -0.364 e. The summed E-state index contributed by atoms with van der Waals surface area (Å²) in [6, 6.07) is 3.73. The van der Waals surface area contributed by atoms with E-state index in [1.54, 1.807) is 0 Å². The van der Waals surface area contributed by atoms with E-state index in [9.17, 15) is 0 Å². The smallest absolute Gasteiger partial charge is 0.148 e. The number of nitrogens with zero attached hydrogens (tertiary/aromatic N) is 2. The lowest BCUT2D eigenvalue weighted by Gasteiger charge is -2.01. The van der Waals surface area contributed by atoms with E-state index < -0.39 is 0 Å². The molecule has 0 bridgehead atoms. The molecule has 0 aliphatic rings. The summed E-state index contributed by atoms with van der Waals surface area (Å²) in [4.78, 5) is 0. The normalized spacial score (nSPS) is 9.50. The Morgan fingerprint density at radius 2 is 2.33 bits per heavy atom. The fourth-order valence-corrected chi connectivity index (χ4v) is 0.747. The molecule has 0 atom stereocenters. The van der Waals surface area contributed by atoms with Crippen molar-refractivity contribution in [3.05, 3.63) is 29.4 Å². The van der Waals surface area contributed by atoms with Crippen LogP contribution in [0.25, 0.3) is 0 Å². The molecular weight excluding hydrogens is 174 g/mol. The maximum atomic E-state index is 5.55. The van der Waals surface area contributed by atoms with Crippen LogP contribution in [-0.4, -0.2) is 16.7 Å². The van der Waals surface area contributed by atoms with Gasteiger partial charge >= 0.3 is 0 Å². The Labute approximate surface area is 76.5 Å². The molecule has 1 heterocycles. The van der Waals surface area contributed by atoms with Crippen LogP contribution in [0, 0.1) is 6.92 Å². The highest BCUT2D eigenvalue weighted by Crippen LogP contribution is 2.03. The molecule has 0 radical (unpaired) electrons. The van der Waals surface area contributed by atoms with Crippen LogP contribution in [0.3, 0.4) is 0 Å². The van der Waals surface area contributed by atoms with Crippen LogP contribution < -0.4 is 5.32 Å². The van der Waals surface area contributed by atoms with Gasteiger partial charge in [0.1, 0.15) is 5.82 Å². The zero-order chi connectivity index (χ0) is 8.97. The molecule has 0 aromatic carbocycles. The Kier molecular flexibility index (Phi) is 3.05. The summed E-state index contributed by atoms with van der Waals surface area (Å²) < 4.78 is 0. The van der Waals surface area contributed by atoms with Gasteiger partial charge in [-0.25, -0.2) is 0 Å². The third-order valence-electron chi connectivity index (χ3n) is 1.26. The summed E-state index contributed by atoms with van der Waals surface area (Å²) >= 11 is 5.55. The molecule has 1 rings (SSSR count). The van der Waals surface area contributed by atoms with Crippen molar-refractivity contribution in [3.63, 3.8) is 0 Å². The fourth-order valence-electron chi connectivity index (χ4n) is 0.680. The van der Waals surface area contributed by atoms with Gasteiger partial charge < -0.3 is 5.32 Å². The lowest BCUT2D eigenvalue weighted by Crippen LogP contribution is -2.03. The number of halogens is 1. The van der Waals surface area contributed by atoms with Crippen molar-refractivity contribution in [2.75, 3.05) is 11.9 Å². The third kappa shape index (κ3) is 2.88. The standard InChI is InChI=1S/C8H10ClN3/c1-6(9)5-10-8-4-3-7(2)11-12-8/h3-4H,1,5H2,2H3,(H,10,12). The molecule has 0 amide bonds. The van der Waals surface area contributed by atoms with Crippen LogP contribution in [0.2, 0.25) is 0 Å². The van der Waals surface area contributed by atoms with Crippen molar-refractivity contribution in [1.82, 2.24) is 10.2 Å². The number of rotatable bonds is 3. The first-order valence-electron chi connectivity index (χ1n) is 3.56. The van der Waals surface area contributed by atoms with E-state index in [2.05, 4.69) is 22.1 Å². The van der Waals surface area contributed by atoms with Crippen LogP contribution in [0.5, 0.6) is 0 Å². The predicted octanol–water partition coefficient (Wildman–Crippen LogP) is 1.95. The second kappa shape index (κ2) is 4.07. The Morgan fingerprint density at radius 1 is 1.58 bits per heavy atom. The minimum absolute atomic E-state index is 0.513. The first-order chi connectivity index (χ1) is 5.68. The largest absolute Gasteiger partial charge is 0.364 e. The highest BCUT2D eigenvalue weighted by atomic mass is 35.5. The third-order valence-corrected chi connectivity index (χ3v) is 1.39. The summed E-state index contributed by atoms with van der Waals surface area (Å²) in [6.07, 6.45) is 0. The molecule has 4 heteroatoms. The van der Waals surface area contributed by atoms with E-state index in [4.69, 9.17) is 11.6 Å². The van der Waals surface area contributed by atoms with Gasteiger partial charge in [-0.3, -0.25) is 0 Å². The van der Waals surface area contributed by atoms with E-state index in [0.29, 0.717) is 17.4 Å². The van der Waals surface area contributed by atoms with Crippen LogP contribution in [0.4, 0.5) is 5.82 Å². The minimum atomic E-state index is 0.513. The van der Waals surface area contributed by atoms with E-state index in [0.717, 1.165) is 5.69 Å². The number of anilines is 1. The molecule has 1 N–H and O–H groups in total.